The third-order valence-electron chi connectivity index (χ3n) is 4.15. The van der Waals surface area contributed by atoms with Crippen LogP contribution in [0.1, 0.15) is 33.1 Å². The fourth-order valence-electron chi connectivity index (χ4n) is 3.23. The lowest BCUT2D eigenvalue weighted by atomic mass is 9.99. The maximum atomic E-state index is 9.28. The standard InChI is InChI=1S/C13H23N3O/c1-10-7-16(8-11(2)17-10)12-4-5-13(6-12,9-14)15-3/h10-12,15H,4-8H2,1-3H3. The van der Waals surface area contributed by atoms with Gasteiger partial charge >= 0.3 is 0 Å². The molecule has 4 heteroatoms. The summed E-state index contributed by atoms with van der Waals surface area (Å²) in [6, 6.07) is 2.99. The van der Waals surface area contributed by atoms with Crippen molar-refractivity contribution >= 4 is 0 Å². The molecule has 4 unspecified atom stereocenters. The van der Waals surface area contributed by atoms with Crippen molar-refractivity contribution in [2.75, 3.05) is 20.1 Å². The van der Waals surface area contributed by atoms with Crippen LogP contribution in [-0.4, -0.2) is 48.8 Å². The van der Waals surface area contributed by atoms with Gasteiger partial charge < -0.3 is 10.1 Å². The van der Waals surface area contributed by atoms with Gasteiger partial charge in [0.2, 0.25) is 0 Å². The lowest BCUT2D eigenvalue weighted by molar-refractivity contribution is -0.0799. The summed E-state index contributed by atoms with van der Waals surface area (Å²) >= 11 is 0. The molecule has 1 aliphatic heterocycles. The topological polar surface area (TPSA) is 48.3 Å². The summed E-state index contributed by atoms with van der Waals surface area (Å²) in [5.74, 6) is 0. The predicted molar refractivity (Wildman–Crippen MR) is 66.6 cm³/mol. The number of morpholine rings is 1. The molecule has 1 N–H and O–H groups in total. The van der Waals surface area contributed by atoms with E-state index < -0.39 is 0 Å². The lowest BCUT2D eigenvalue weighted by Gasteiger charge is -2.39. The van der Waals surface area contributed by atoms with Crippen LogP contribution in [0.15, 0.2) is 0 Å². The summed E-state index contributed by atoms with van der Waals surface area (Å²) in [4.78, 5) is 2.51. The van der Waals surface area contributed by atoms with Crippen molar-refractivity contribution in [1.82, 2.24) is 10.2 Å². The minimum Gasteiger partial charge on any atom is -0.373 e. The highest BCUT2D eigenvalue weighted by Crippen LogP contribution is 2.33. The molecule has 0 spiro atoms. The van der Waals surface area contributed by atoms with Crippen molar-refractivity contribution in [3.05, 3.63) is 0 Å². The lowest BCUT2D eigenvalue weighted by Crippen LogP contribution is -2.50. The van der Waals surface area contributed by atoms with Crippen LogP contribution in [0.3, 0.4) is 0 Å². The van der Waals surface area contributed by atoms with E-state index in [0.717, 1.165) is 32.4 Å². The largest absolute Gasteiger partial charge is 0.373 e. The van der Waals surface area contributed by atoms with Gasteiger partial charge in [-0.15, -0.1) is 0 Å². The highest BCUT2D eigenvalue weighted by atomic mass is 16.5. The Bertz CT molecular complexity index is 304. The van der Waals surface area contributed by atoms with E-state index in [1.807, 2.05) is 7.05 Å². The molecule has 4 atom stereocenters. The fourth-order valence-corrected chi connectivity index (χ4v) is 3.23. The minimum atomic E-state index is -0.296. The first-order valence-corrected chi connectivity index (χ1v) is 6.58. The van der Waals surface area contributed by atoms with Gasteiger partial charge in [0.1, 0.15) is 5.54 Å². The summed E-state index contributed by atoms with van der Waals surface area (Å²) in [5.41, 5.74) is -0.296. The van der Waals surface area contributed by atoms with Crippen LogP contribution in [0.25, 0.3) is 0 Å². The van der Waals surface area contributed by atoms with E-state index in [9.17, 15) is 5.26 Å². The van der Waals surface area contributed by atoms with Gasteiger partial charge in [-0.2, -0.15) is 5.26 Å². The molecule has 2 aliphatic rings. The second-order valence-corrected chi connectivity index (χ2v) is 5.55. The summed E-state index contributed by atoms with van der Waals surface area (Å²) in [6.07, 6.45) is 3.65. The van der Waals surface area contributed by atoms with Crippen LogP contribution in [0.5, 0.6) is 0 Å². The molecule has 2 fully saturated rings. The van der Waals surface area contributed by atoms with E-state index >= 15 is 0 Å². The SMILES string of the molecule is CNC1(C#N)CCC(N2CC(C)OC(C)C2)C1. The smallest absolute Gasteiger partial charge is 0.108 e. The molecular weight excluding hydrogens is 214 g/mol. The molecule has 0 aromatic heterocycles. The van der Waals surface area contributed by atoms with E-state index in [1.54, 1.807) is 0 Å². The first-order valence-electron chi connectivity index (χ1n) is 6.58. The molecule has 0 bridgehead atoms. The second-order valence-electron chi connectivity index (χ2n) is 5.55. The van der Waals surface area contributed by atoms with Crippen LogP contribution >= 0.6 is 0 Å². The zero-order valence-electron chi connectivity index (χ0n) is 11.1. The molecule has 0 aromatic rings. The fraction of sp³-hybridized carbons (Fsp3) is 0.923. The van der Waals surface area contributed by atoms with Crippen molar-refractivity contribution in [2.45, 2.75) is 56.9 Å². The van der Waals surface area contributed by atoms with E-state index in [-0.39, 0.29) is 5.54 Å². The van der Waals surface area contributed by atoms with Crippen LogP contribution in [0.2, 0.25) is 0 Å². The Hall–Kier alpha value is -0.630. The molecule has 2 rings (SSSR count). The van der Waals surface area contributed by atoms with Crippen molar-refractivity contribution in [3.63, 3.8) is 0 Å². The van der Waals surface area contributed by atoms with Crippen molar-refractivity contribution in [2.24, 2.45) is 0 Å². The Kier molecular flexibility index (Phi) is 3.72. The predicted octanol–water partition coefficient (Wildman–Crippen LogP) is 1.13. The van der Waals surface area contributed by atoms with E-state index in [1.165, 1.54) is 0 Å². The van der Waals surface area contributed by atoms with Gasteiger partial charge in [-0.1, -0.05) is 0 Å². The molecule has 1 aliphatic carbocycles. The molecule has 96 valence electrons. The van der Waals surface area contributed by atoms with Crippen molar-refractivity contribution < 1.29 is 4.74 Å². The van der Waals surface area contributed by atoms with E-state index in [0.29, 0.717) is 18.2 Å². The molecule has 17 heavy (non-hydrogen) atoms. The van der Waals surface area contributed by atoms with Gasteiger partial charge in [-0.05, 0) is 40.2 Å². The number of ether oxygens (including phenoxy) is 1. The van der Waals surface area contributed by atoms with E-state index in [2.05, 4.69) is 30.1 Å². The van der Waals surface area contributed by atoms with Crippen LogP contribution < -0.4 is 5.32 Å². The van der Waals surface area contributed by atoms with Crippen LogP contribution in [-0.2, 0) is 4.74 Å². The summed E-state index contributed by atoms with van der Waals surface area (Å²) in [6.45, 7) is 6.26. The minimum absolute atomic E-state index is 0.296. The molecule has 1 saturated heterocycles. The van der Waals surface area contributed by atoms with Gasteiger partial charge in [-0.25, -0.2) is 0 Å². The molecular formula is C13H23N3O. The summed E-state index contributed by atoms with van der Waals surface area (Å²) < 4.78 is 5.76. The Morgan fingerprint density at radius 3 is 2.47 bits per heavy atom. The van der Waals surface area contributed by atoms with Crippen molar-refractivity contribution in [3.8, 4) is 6.07 Å². The Labute approximate surface area is 104 Å². The zero-order valence-corrected chi connectivity index (χ0v) is 11.1. The average molecular weight is 237 g/mol. The third-order valence-corrected chi connectivity index (χ3v) is 4.15. The van der Waals surface area contributed by atoms with Gasteiger partial charge in [0.15, 0.2) is 0 Å². The number of hydrogen-bond acceptors (Lipinski definition) is 4. The third kappa shape index (κ3) is 2.62. The monoisotopic (exact) mass is 237 g/mol. The quantitative estimate of drug-likeness (QED) is 0.782. The highest BCUT2D eigenvalue weighted by molar-refractivity contribution is 5.13. The summed E-state index contributed by atoms with van der Waals surface area (Å²) in [5, 5.41) is 12.5. The highest BCUT2D eigenvalue weighted by Gasteiger charge is 2.41. The Morgan fingerprint density at radius 2 is 2.00 bits per heavy atom. The first kappa shape index (κ1) is 12.8. The second kappa shape index (κ2) is 4.93. The molecule has 0 radical (unpaired) electrons. The Morgan fingerprint density at radius 1 is 1.35 bits per heavy atom. The molecule has 1 saturated carbocycles. The molecule has 0 aromatic carbocycles. The van der Waals surface area contributed by atoms with Gasteiger partial charge in [-0.3, -0.25) is 4.90 Å². The first-order chi connectivity index (χ1) is 8.08. The van der Waals surface area contributed by atoms with Gasteiger partial charge in [0.05, 0.1) is 18.3 Å². The Balaban J connectivity index is 1.98. The van der Waals surface area contributed by atoms with Crippen LogP contribution in [0.4, 0.5) is 0 Å². The number of nitrogens with zero attached hydrogens (tertiary/aromatic N) is 2. The number of hydrogen-bond donors (Lipinski definition) is 1. The van der Waals surface area contributed by atoms with Gasteiger partial charge in [0.25, 0.3) is 0 Å². The molecule has 4 nitrogen and oxygen atoms in total. The normalized spacial score (nSPS) is 43.5. The maximum absolute atomic E-state index is 9.28. The molecule has 0 amide bonds. The molecule has 1 heterocycles. The number of nitriles is 1. The van der Waals surface area contributed by atoms with Gasteiger partial charge in [0, 0.05) is 19.1 Å². The zero-order chi connectivity index (χ0) is 12.5. The number of nitrogens with one attached hydrogen (secondary N) is 1. The maximum Gasteiger partial charge on any atom is 0.108 e. The van der Waals surface area contributed by atoms with Crippen molar-refractivity contribution in [1.29, 1.82) is 5.26 Å². The summed E-state index contributed by atoms with van der Waals surface area (Å²) in [7, 11) is 1.90. The van der Waals surface area contributed by atoms with E-state index in [4.69, 9.17) is 4.74 Å². The number of rotatable bonds is 2. The van der Waals surface area contributed by atoms with Crippen LogP contribution in [0, 0.1) is 11.3 Å². The average Bonchev–Trinajstić information content (AvgIpc) is 2.73.